The second kappa shape index (κ2) is 11.3. The molecular weight excluding hydrogens is 413 g/mol. The summed E-state index contributed by atoms with van der Waals surface area (Å²) in [6, 6.07) is 16.1. The monoisotopic (exact) mass is 433 g/mol. The summed E-state index contributed by atoms with van der Waals surface area (Å²) in [6.45, 7) is 1.02. The smallest absolute Gasteiger partial charge is 0.222 e. The molecule has 0 saturated carbocycles. The summed E-state index contributed by atoms with van der Waals surface area (Å²) in [7, 11) is 0. The molecule has 0 fully saturated rings. The Kier molecular flexibility index (Phi) is 10.7. The van der Waals surface area contributed by atoms with Crippen LogP contribution in [0.15, 0.2) is 53.0 Å². The zero-order valence-electron chi connectivity index (χ0n) is 13.1. The predicted octanol–water partition coefficient (Wildman–Crippen LogP) is 3.51. The lowest BCUT2D eigenvalue weighted by Gasteiger charge is -2.12. The highest BCUT2D eigenvalue weighted by Crippen LogP contribution is 2.18. The van der Waals surface area contributed by atoms with Gasteiger partial charge in [-0.25, -0.2) is 0 Å². The standard InChI is InChI=1S/C17H20BrN3O.2ClH/c18-16-4-2-1-3-13(16)11-21-15-7-5-12(6-8-15)9-14(10-19)17(20)22;;/h1-8,14,21H,9-11,19H2,(H2,20,22);2*1H. The number of hydrogen-bond acceptors (Lipinski definition) is 3. The second-order valence-corrected chi connectivity index (χ2v) is 6.04. The first-order chi connectivity index (χ1) is 10.6. The molecule has 0 spiro atoms. The van der Waals surface area contributed by atoms with Crippen molar-refractivity contribution < 1.29 is 4.79 Å². The molecule has 2 aromatic rings. The summed E-state index contributed by atoms with van der Waals surface area (Å²) < 4.78 is 1.09. The SMILES string of the molecule is Cl.Cl.NCC(Cc1ccc(NCc2ccccc2Br)cc1)C(N)=O. The van der Waals surface area contributed by atoms with Crippen molar-refractivity contribution in [2.75, 3.05) is 11.9 Å². The maximum Gasteiger partial charge on any atom is 0.222 e. The van der Waals surface area contributed by atoms with Gasteiger partial charge in [-0.05, 0) is 35.7 Å². The number of amides is 1. The maximum absolute atomic E-state index is 11.2. The van der Waals surface area contributed by atoms with E-state index >= 15 is 0 Å². The molecule has 0 aliphatic carbocycles. The van der Waals surface area contributed by atoms with E-state index in [2.05, 4.69) is 27.3 Å². The van der Waals surface area contributed by atoms with E-state index in [1.165, 1.54) is 5.56 Å². The molecule has 0 aliphatic heterocycles. The van der Waals surface area contributed by atoms with Crippen LogP contribution in [0.3, 0.4) is 0 Å². The summed E-state index contributed by atoms with van der Waals surface area (Å²) >= 11 is 3.53. The lowest BCUT2D eigenvalue weighted by Crippen LogP contribution is -2.31. The molecule has 132 valence electrons. The number of nitrogens with two attached hydrogens (primary N) is 2. The largest absolute Gasteiger partial charge is 0.381 e. The Morgan fingerprint density at radius 1 is 1.08 bits per heavy atom. The molecule has 0 saturated heterocycles. The van der Waals surface area contributed by atoms with Crippen molar-refractivity contribution in [3.63, 3.8) is 0 Å². The van der Waals surface area contributed by atoms with Crippen molar-refractivity contribution in [1.82, 2.24) is 0 Å². The van der Waals surface area contributed by atoms with Crippen LogP contribution in [0.4, 0.5) is 5.69 Å². The van der Waals surface area contributed by atoms with Gasteiger partial charge in [0.2, 0.25) is 5.91 Å². The van der Waals surface area contributed by atoms with Gasteiger partial charge in [0.25, 0.3) is 0 Å². The Morgan fingerprint density at radius 2 is 1.71 bits per heavy atom. The third kappa shape index (κ3) is 6.69. The highest BCUT2D eigenvalue weighted by molar-refractivity contribution is 9.10. The summed E-state index contributed by atoms with van der Waals surface area (Å²) in [5, 5.41) is 3.37. The Hall–Kier alpha value is -1.27. The highest BCUT2D eigenvalue weighted by atomic mass is 79.9. The zero-order chi connectivity index (χ0) is 15.9. The molecule has 4 nitrogen and oxygen atoms in total. The topological polar surface area (TPSA) is 81.1 Å². The van der Waals surface area contributed by atoms with E-state index < -0.39 is 0 Å². The van der Waals surface area contributed by atoms with Gasteiger partial charge in [0.15, 0.2) is 0 Å². The number of benzene rings is 2. The molecule has 0 heterocycles. The lowest BCUT2D eigenvalue weighted by atomic mass is 9.99. The minimum absolute atomic E-state index is 0. The van der Waals surface area contributed by atoms with Crippen LogP contribution in [-0.2, 0) is 17.8 Å². The number of halogens is 3. The van der Waals surface area contributed by atoms with Crippen LogP contribution in [0.5, 0.6) is 0 Å². The normalized spacial score (nSPS) is 10.9. The number of nitrogens with one attached hydrogen (secondary N) is 1. The number of carbonyl (C=O) groups is 1. The Balaban J connectivity index is 0.00000264. The van der Waals surface area contributed by atoms with Crippen LogP contribution in [0, 0.1) is 5.92 Å². The Labute approximate surface area is 163 Å². The number of anilines is 1. The van der Waals surface area contributed by atoms with E-state index in [1.54, 1.807) is 0 Å². The molecule has 1 atom stereocenters. The van der Waals surface area contributed by atoms with Gasteiger partial charge in [0, 0.05) is 23.2 Å². The van der Waals surface area contributed by atoms with Crippen LogP contribution >= 0.6 is 40.7 Å². The van der Waals surface area contributed by atoms with E-state index in [-0.39, 0.29) is 43.2 Å². The Bertz CT molecular complexity index is 638. The van der Waals surface area contributed by atoms with Gasteiger partial charge in [0.1, 0.15) is 0 Å². The molecule has 0 radical (unpaired) electrons. The number of carbonyl (C=O) groups excluding carboxylic acids is 1. The molecule has 2 aromatic carbocycles. The highest BCUT2D eigenvalue weighted by Gasteiger charge is 2.13. The lowest BCUT2D eigenvalue weighted by molar-refractivity contribution is -0.121. The van der Waals surface area contributed by atoms with Crippen LogP contribution in [0.1, 0.15) is 11.1 Å². The first-order valence-electron chi connectivity index (χ1n) is 7.15. The summed E-state index contributed by atoms with van der Waals surface area (Å²) in [5.41, 5.74) is 14.2. The van der Waals surface area contributed by atoms with Crippen molar-refractivity contribution >= 4 is 52.3 Å². The van der Waals surface area contributed by atoms with Crippen molar-refractivity contribution in [3.8, 4) is 0 Å². The van der Waals surface area contributed by atoms with Crippen LogP contribution in [-0.4, -0.2) is 12.5 Å². The van der Waals surface area contributed by atoms with Gasteiger partial charge in [-0.1, -0.05) is 46.3 Å². The molecule has 0 aromatic heterocycles. The fourth-order valence-corrected chi connectivity index (χ4v) is 2.61. The van der Waals surface area contributed by atoms with E-state index in [4.69, 9.17) is 11.5 Å². The fourth-order valence-electron chi connectivity index (χ4n) is 2.18. The van der Waals surface area contributed by atoms with Gasteiger partial charge in [-0.3, -0.25) is 4.79 Å². The fraction of sp³-hybridized carbons (Fsp3) is 0.235. The number of rotatable bonds is 7. The van der Waals surface area contributed by atoms with Crippen LogP contribution in [0.25, 0.3) is 0 Å². The average Bonchev–Trinajstić information content (AvgIpc) is 2.52. The van der Waals surface area contributed by atoms with Gasteiger partial charge < -0.3 is 16.8 Å². The summed E-state index contributed by atoms with van der Waals surface area (Å²) in [4.78, 5) is 11.2. The predicted molar refractivity (Wildman–Crippen MR) is 108 cm³/mol. The quantitative estimate of drug-likeness (QED) is 0.623. The molecule has 0 aliphatic rings. The maximum atomic E-state index is 11.2. The van der Waals surface area contributed by atoms with Gasteiger partial charge in [-0.15, -0.1) is 24.8 Å². The average molecular weight is 435 g/mol. The number of primary amides is 1. The van der Waals surface area contributed by atoms with Crippen molar-refractivity contribution in [3.05, 3.63) is 64.1 Å². The zero-order valence-corrected chi connectivity index (χ0v) is 16.3. The van der Waals surface area contributed by atoms with Crippen LogP contribution < -0.4 is 16.8 Å². The summed E-state index contributed by atoms with van der Waals surface area (Å²) in [6.07, 6.45) is 0.580. The van der Waals surface area contributed by atoms with Gasteiger partial charge in [0.05, 0.1) is 5.92 Å². The van der Waals surface area contributed by atoms with E-state index in [0.29, 0.717) is 6.42 Å². The van der Waals surface area contributed by atoms with Crippen molar-refractivity contribution in [1.29, 1.82) is 0 Å². The second-order valence-electron chi connectivity index (χ2n) is 5.18. The van der Waals surface area contributed by atoms with Crippen LogP contribution in [0.2, 0.25) is 0 Å². The molecule has 7 heteroatoms. The molecular formula is C17H22BrCl2N3O. The third-order valence-electron chi connectivity index (χ3n) is 3.56. The number of hydrogen-bond donors (Lipinski definition) is 3. The molecule has 1 amide bonds. The first kappa shape index (κ1) is 22.7. The molecule has 0 bridgehead atoms. The molecule has 24 heavy (non-hydrogen) atoms. The third-order valence-corrected chi connectivity index (χ3v) is 4.34. The molecule has 5 N–H and O–H groups in total. The van der Waals surface area contributed by atoms with Gasteiger partial charge in [-0.2, -0.15) is 0 Å². The van der Waals surface area contributed by atoms with Crippen molar-refractivity contribution in [2.45, 2.75) is 13.0 Å². The van der Waals surface area contributed by atoms with Crippen molar-refractivity contribution in [2.24, 2.45) is 17.4 Å². The summed E-state index contributed by atoms with van der Waals surface area (Å²) in [5.74, 6) is -0.655. The minimum Gasteiger partial charge on any atom is -0.381 e. The molecule has 1 unspecified atom stereocenters. The van der Waals surface area contributed by atoms with E-state index in [1.807, 2.05) is 42.5 Å². The van der Waals surface area contributed by atoms with E-state index in [9.17, 15) is 4.79 Å². The minimum atomic E-state index is -0.348. The molecule has 2 rings (SSSR count). The van der Waals surface area contributed by atoms with E-state index in [0.717, 1.165) is 22.3 Å². The Morgan fingerprint density at radius 3 is 2.25 bits per heavy atom. The van der Waals surface area contributed by atoms with Gasteiger partial charge >= 0.3 is 0 Å². The first-order valence-corrected chi connectivity index (χ1v) is 7.95.